The van der Waals surface area contributed by atoms with E-state index in [9.17, 15) is 0 Å². The number of anilines is 3. The van der Waals surface area contributed by atoms with Gasteiger partial charge in [-0.2, -0.15) is 0 Å². The summed E-state index contributed by atoms with van der Waals surface area (Å²) in [5, 5.41) is 7.61. The molecule has 0 aliphatic heterocycles. The van der Waals surface area contributed by atoms with Gasteiger partial charge in [0.1, 0.15) is 0 Å². The molecule has 11 rings (SSSR count). The molecular weight excluding hydrogens is 719 g/mol. The van der Waals surface area contributed by atoms with Crippen LogP contribution in [0.1, 0.15) is 0 Å². The Morgan fingerprint density at radius 3 is 1.62 bits per heavy atom. The average Bonchev–Trinajstić information content (AvgIpc) is 3.68. The maximum absolute atomic E-state index is 2.44. The zero-order valence-electron chi connectivity index (χ0n) is 31.7. The lowest BCUT2D eigenvalue weighted by Gasteiger charge is -2.29. The van der Waals surface area contributed by atoms with Gasteiger partial charge in [0.25, 0.3) is 0 Å². The largest absolute Gasteiger partial charge is 0.310 e. The number of benzene rings is 10. The standard InChI is InChI=1S/C56H37NS/c1-3-21-44-38(15-1)17-12-27-45(44)40-33-35-42(36-34-40)57(54-31-9-7-25-50(54)52-29-14-30-53-51-26-8-10-32-55(51)58-56(52)53)43-20-11-19-41(37-43)47-23-5-6-24-48(47)49-28-13-18-39-16-2-4-22-46(39)49/h1-37H. The Labute approximate surface area is 342 Å². The number of para-hydroxylation sites is 1. The van der Waals surface area contributed by atoms with Gasteiger partial charge in [-0.3, -0.25) is 0 Å². The van der Waals surface area contributed by atoms with Crippen molar-refractivity contribution in [2.24, 2.45) is 0 Å². The third kappa shape index (κ3) is 5.86. The maximum atomic E-state index is 2.44. The highest BCUT2D eigenvalue weighted by Crippen LogP contribution is 2.47. The summed E-state index contributed by atoms with van der Waals surface area (Å²) in [5.74, 6) is 0. The molecule has 0 atom stereocenters. The molecule has 58 heavy (non-hydrogen) atoms. The molecule has 1 heterocycles. The third-order valence-corrected chi connectivity index (χ3v) is 12.7. The molecule has 0 N–H and O–H groups in total. The Morgan fingerprint density at radius 2 is 0.828 bits per heavy atom. The Kier molecular flexibility index (Phi) is 8.42. The van der Waals surface area contributed by atoms with E-state index >= 15 is 0 Å². The predicted molar refractivity (Wildman–Crippen MR) is 251 cm³/mol. The van der Waals surface area contributed by atoms with Crippen molar-refractivity contribution in [3.05, 3.63) is 224 Å². The molecule has 0 aliphatic rings. The van der Waals surface area contributed by atoms with Crippen molar-refractivity contribution in [1.82, 2.24) is 0 Å². The van der Waals surface area contributed by atoms with Gasteiger partial charge in [0.05, 0.1) is 5.69 Å². The summed E-state index contributed by atoms with van der Waals surface area (Å²) in [6.45, 7) is 0. The number of hydrogen-bond donors (Lipinski definition) is 0. The minimum atomic E-state index is 1.10. The van der Waals surface area contributed by atoms with Crippen LogP contribution in [0.2, 0.25) is 0 Å². The first-order valence-electron chi connectivity index (χ1n) is 19.8. The molecule has 272 valence electrons. The molecule has 0 spiro atoms. The first-order chi connectivity index (χ1) is 28.8. The molecule has 0 aliphatic carbocycles. The van der Waals surface area contributed by atoms with Crippen LogP contribution in [0.3, 0.4) is 0 Å². The van der Waals surface area contributed by atoms with Crippen molar-refractivity contribution >= 4 is 70.1 Å². The van der Waals surface area contributed by atoms with E-state index in [1.54, 1.807) is 0 Å². The van der Waals surface area contributed by atoms with Crippen LogP contribution in [0, 0.1) is 0 Å². The smallest absolute Gasteiger partial charge is 0.0540 e. The van der Waals surface area contributed by atoms with Crippen LogP contribution >= 0.6 is 11.3 Å². The van der Waals surface area contributed by atoms with Gasteiger partial charge in [0.15, 0.2) is 0 Å². The summed E-state index contributed by atoms with van der Waals surface area (Å²) in [7, 11) is 0. The zero-order chi connectivity index (χ0) is 38.4. The van der Waals surface area contributed by atoms with Gasteiger partial charge in [-0.25, -0.2) is 0 Å². The fraction of sp³-hybridized carbons (Fsp3) is 0. The lowest BCUT2D eigenvalue weighted by Crippen LogP contribution is -2.11. The molecule has 0 radical (unpaired) electrons. The van der Waals surface area contributed by atoms with Gasteiger partial charge in [-0.15, -0.1) is 11.3 Å². The van der Waals surface area contributed by atoms with E-state index in [-0.39, 0.29) is 0 Å². The second kappa shape index (κ2) is 14.4. The van der Waals surface area contributed by atoms with E-state index in [2.05, 4.69) is 229 Å². The average molecular weight is 756 g/mol. The van der Waals surface area contributed by atoms with E-state index in [1.165, 1.54) is 86.2 Å². The molecule has 1 nitrogen and oxygen atoms in total. The van der Waals surface area contributed by atoms with Gasteiger partial charge in [-0.05, 0) is 91.3 Å². The second-order valence-corrected chi connectivity index (χ2v) is 15.9. The summed E-state index contributed by atoms with van der Waals surface area (Å²) in [4.78, 5) is 2.44. The molecule has 1 aromatic heterocycles. The maximum Gasteiger partial charge on any atom is 0.0540 e. The molecule has 11 aromatic rings. The molecule has 0 saturated carbocycles. The van der Waals surface area contributed by atoms with Gasteiger partial charge in [-0.1, -0.05) is 188 Å². The lowest BCUT2D eigenvalue weighted by atomic mass is 9.91. The number of thiophene rings is 1. The fourth-order valence-corrected chi connectivity index (χ4v) is 10.0. The fourth-order valence-electron chi connectivity index (χ4n) is 8.79. The van der Waals surface area contributed by atoms with Crippen molar-refractivity contribution < 1.29 is 0 Å². The van der Waals surface area contributed by atoms with Crippen LogP contribution in [0.25, 0.3) is 86.2 Å². The Morgan fingerprint density at radius 1 is 0.293 bits per heavy atom. The number of hydrogen-bond acceptors (Lipinski definition) is 2. The number of nitrogens with zero attached hydrogens (tertiary/aromatic N) is 1. The van der Waals surface area contributed by atoms with Crippen LogP contribution in [-0.2, 0) is 0 Å². The van der Waals surface area contributed by atoms with E-state index in [0.29, 0.717) is 0 Å². The zero-order valence-corrected chi connectivity index (χ0v) is 32.5. The molecule has 0 amide bonds. The van der Waals surface area contributed by atoms with Gasteiger partial charge < -0.3 is 4.90 Å². The summed E-state index contributed by atoms with van der Waals surface area (Å²) in [5.41, 5.74) is 13.0. The molecule has 0 bridgehead atoms. The van der Waals surface area contributed by atoms with Gasteiger partial charge in [0, 0.05) is 42.7 Å². The van der Waals surface area contributed by atoms with E-state index < -0.39 is 0 Å². The molecule has 10 aromatic carbocycles. The molecule has 0 unspecified atom stereocenters. The summed E-state index contributed by atoms with van der Waals surface area (Å²) < 4.78 is 2.61. The van der Waals surface area contributed by atoms with E-state index in [1.807, 2.05) is 11.3 Å². The van der Waals surface area contributed by atoms with Crippen LogP contribution in [0.5, 0.6) is 0 Å². The molecule has 2 heteroatoms. The minimum Gasteiger partial charge on any atom is -0.310 e. The van der Waals surface area contributed by atoms with Gasteiger partial charge >= 0.3 is 0 Å². The van der Waals surface area contributed by atoms with Crippen molar-refractivity contribution in [3.8, 4) is 44.5 Å². The topological polar surface area (TPSA) is 3.24 Å². The predicted octanol–water partition coefficient (Wildman–Crippen LogP) is 16.5. The van der Waals surface area contributed by atoms with E-state index in [0.717, 1.165) is 17.1 Å². The molecule has 0 saturated heterocycles. The minimum absolute atomic E-state index is 1.10. The highest BCUT2D eigenvalue weighted by atomic mass is 32.1. The van der Waals surface area contributed by atoms with Crippen molar-refractivity contribution in [3.63, 3.8) is 0 Å². The van der Waals surface area contributed by atoms with Crippen molar-refractivity contribution in [1.29, 1.82) is 0 Å². The SMILES string of the molecule is c1cc(-c2ccccc2-c2cccc3ccccc23)cc(N(c2ccc(-c3cccc4ccccc34)cc2)c2ccccc2-c2cccc3c2sc2ccccc23)c1. The van der Waals surface area contributed by atoms with Crippen LogP contribution in [0.15, 0.2) is 224 Å². The van der Waals surface area contributed by atoms with Crippen molar-refractivity contribution in [2.45, 2.75) is 0 Å². The van der Waals surface area contributed by atoms with Gasteiger partial charge in [0.2, 0.25) is 0 Å². The molecular formula is C56H37NS. The van der Waals surface area contributed by atoms with Crippen LogP contribution < -0.4 is 4.90 Å². The number of rotatable bonds is 7. The summed E-state index contributed by atoms with van der Waals surface area (Å²) >= 11 is 1.88. The quantitative estimate of drug-likeness (QED) is 0.157. The Bertz CT molecular complexity index is 3290. The first-order valence-corrected chi connectivity index (χ1v) is 20.7. The van der Waals surface area contributed by atoms with Crippen LogP contribution in [-0.4, -0.2) is 0 Å². The monoisotopic (exact) mass is 755 g/mol. The van der Waals surface area contributed by atoms with Crippen molar-refractivity contribution in [2.75, 3.05) is 4.90 Å². The van der Waals surface area contributed by atoms with E-state index in [4.69, 9.17) is 0 Å². The normalized spacial score (nSPS) is 11.4. The highest BCUT2D eigenvalue weighted by molar-refractivity contribution is 7.26. The molecule has 0 fully saturated rings. The van der Waals surface area contributed by atoms with Crippen LogP contribution in [0.4, 0.5) is 17.1 Å². The lowest BCUT2D eigenvalue weighted by molar-refractivity contribution is 1.28. The first kappa shape index (κ1) is 34.0. The highest BCUT2D eigenvalue weighted by Gasteiger charge is 2.21. The Balaban J connectivity index is 1.10. The second-order valence-electron chi connectivity index (χ2n) is 14.8. The summed E-state index contributed by atoms with van der Waals surface area (Å²) in [6.07, 6.45) is 0. The number of fused-ring (bicyclic) bond motifs is 5. The third-order valence-electron chi connectivity index (χ3n) is 11.5. The Hall–Kier alpha value is -7.26. The summed E-state index contributed by atoms with van der Waals surface area (Å²) in [6, 6.07) is 81.9.